The smallest absolute Gasteiger partial charge is 0.135 e. The molecular weight excluding hydrogens is 412 g/mol. The second-order valence-corrected chi connectivity index (χ2v) is 8.46. The average molecular weight is 437 g/mol. The number of fused-ring (bicyclic) bond motifs is 1. The number of hydrogen-bond acceptors (Lipinski definition) is 6. The molecule has 2 aliphatic rings. The standard InChI is InChI=1S/C24H25ClN4O2/c25-20-6-2-1-5-18(20)22-14-29(10-11-31-22)24-13-23(26-15-27-24)28-21-7-3-4-16-8-9-17(30)12-19(16)21/h1-7,13,15,17,22,30H,8-12,14H2,(H,26,27,28)/t17-,22?/m0/s1. The van der Waals surface area contributed by atoms with Crippen LogP contribution in [0.25, 0.3) is 0 Å². The molecule has 1 fully saturated rings. The van der Waals surface area contributed by atoms with Gasteiger partial charge in [-0.2, -0.15) is 0 Å². The van der Waals surface area contributed by atoms with Crippen LogP contribution in [0.4, 0.5) is 17.3 Å². The normalized spacial score (nSPS) is 20.9. The Morgan fingerprint density at radius 2 is 2.03 bits per heavy atom. The van der Waals surface area contributed by atoms with Crippen molar-refractivity contribution in [2.45, 2.75) is 31.5 Å². The van der Waals surface area contributed by atoms with Gasteiger partial charge in [0.05, 0.1) is 12.7 Å². The number of ether oxygens (including phenoxy) is 1. The first-order chi connectivity index (χ1) is 15.2. The number of nitrogens with zero attached hydrogens (tertiary/aromatic N) is 3. The maximum absolute atomic E-state index is 10.1. The van der Waals surface area contributed by atoms with E-state index in [2.05, 4.69) is 32.3 Å². The predicted octanol–water partition coefficient (Wildman–Crippen LogP) is 4.30. The van der Waals surface area contributed by atoms with E-state index >= 15 is 0 Å². The van der Waals surface area contributed by atoms with E-state index in [0.717, 1.165) is 47.3 Å². The number of anilines is 3. The van der Waals surface area contributed by atoms with Crippen molar-refractivity contribution in [3.63, 3.8) is 0 Å². The molecule has 2 aromatic carbocycles. The van der Waals surface area contributed by atoms with Gasteiger partial charge in [0.1, 0.15) is 24.1 Å². The molecule has 1 aliphatic heterocycles. The number of aryl methyl sites for hydroxylation is 1. The molecule has 0 spiro atoms. The van der Waals surface area contributed by atoms with Gasteiger partial charge < -0.3 is 20.1 Å². The zero-order valence-electron chi connectivity index (χ0n) is 17.2. The number of nitrogens with one attached hydrogen (secondary N) is 1. The van der Waals surface area contributed by atoms with Crippen molar-refractivity contribution in [1.82, 2.24) is 9.97 Å². The highest BCUT2D eigenvalue weighted by Gasteiger charge is 2.25. The molecule has 2 heterocycles. The molecule has 0 radical (unpaired) electrons. The number of rotatable bonds is 4. The molecule has 31 heavy (non-hydrogen) atoms. The van der Waals surface area contributed by atoms with Crippen molar-refractivity contribution in [1.29, 1.82) is 0 Å². The first-order valence-corrected chi connectivity index (χ1v) is 11.0. The second-order valence-electron chi connectivity index (χ2n) is 8.05. The van der Waals surface area contributed by atoms with Crippen molar-refractivity contribution < 1.29 is 9.84 Å². The summed E-state index contributed by atoms with van der Waals surface area (Å²) in [5, 5.41) is 14.3. The SMILES string of the molecule is O[C@H]1CCc2cccc(Nc3cc(N4CCOC(c5ccccc5Cl)C4)ncn3)c2C1. The van der Waals surface area contributed by atoms with Gasteiger partial charge >= 0.3 is 0 Å². The molecule has 160 valence electrons. The third-order valence-corrected chi connectivity index (χ3v) is 6.36. The van der Waals surface area contributed by atoms with Gasteiger partial charge in [-0.1, -0.05) is 41.9 Å². The van der Waals surface area contributed by atoms with Crippen molar-refractivity contribution in [3.05, 3.63) is 76.6 Å². The third kappa shape index (κ3) is 4.37. The maximum atomic E-state index is 10.1. The Labute approximate surface area is 186 Å². The van der Waals surface area contributed by atoms with Crippen LogP contribution in [-0.2, 0) is 17.6 Å². The summed E-state index contributed by atoms with van der Waals surface area (Å²) >= 11 is 6.38. The Hall–Kier alpha value is -2.67. The number of hydrogen-bond donors (Lipinski definition) is 2. The zero-order valence-corrected chi connectivity index (χ0v) is 17.9. The first kappa shape index (κ1) is 20.2. The maximum Gasteiger partial charge on any atom is 0.135 e. The number of aliphatic hydroxyl groups excluding tert-OH is 1. The summed E-state index contributed by atoms with van der Waals surface area (Å²) in [6.45, 7) is 2.03. The predicted molar refractivity (Wildman–Crippen MR) is 122 cm³/mol. The summed E-state index contributed by atoms with van der Waals surface area (Å²) in [5.41, 5.74) is 4.46. The van der Waals surface area contributed by atoms with Crippen LogP contribution >= 0.6 is 11.6 Å². The summed E-state index contributed by atoms with van der Waals surface area (Å²) in [4.78, 5) is 11.1. The highest BCUT2D eigenvalue weighted by molar-refractivity contribution is 6.31. The number of benzene rings is 2. The largest absolute Gasteiger partial charge is 0.393 e. The molecule has 0 saturated carbocycles. The van der Waals surface area contributed by atoms with Crippen LogP contribution in [0.3, 0.4) is 0 Å². The van der Waals surface area contributed by atoms with E-state index in [0.29, 0.717) is 19.6 Å². The van der Waals surface area contributed by atoms with Crippen LogP contribution in [0.15, 0.2) is 54.9 Å². The van der Waals surface area contributed by atoms with E-state index in [9.17, 15) is 5.11 Å². The Bertz CT molecular complexity index is 1080. The number of aromatic nitrogens is 2. The van der Waals surface area contributed by atoms with Crippen LogP contribution in [-0.4, -0.2) is 40.9 Å². The molecule has 0 amide bonds. The minimum atomic E-state index is -0.286. The molecule has 7 heteroatoms. The van der Waals surface area contributed by atoms with E-state index in [1.165, 1.54) is 11.1 Å². The summed E-state index contributed by atoms with van der Waals surface area (Å²) in [5.74, 6) is 1.59. The Balaban J connectivity index is 1.36. The molecule has 0 bridgehead atoms. The van der Waals surface area contributed by atoms with E-state index in [1.54, 1.807) is 6.33 Å². The van der Waals surface area contributed by atoms with Gasteiger partial charge in [0.25, 0.3) is 0 Å². The fourth-order valence-electron chi connectivity index (χ4n) is 4.39. The lowest BCUT2D eigenvalue weighted by atomic mass is 9.88. The summed E-state index contributed by atoms with van der Waals surface area (Å²) in [7, 11) is 0. The van der Waals surface area contributed by atoms with Gasteiger partial charge in [-0.05, 0) is 36.1 Å². The van der Waals surface area contributed by atoms with Gasteiger partial charge in [-0.25, -0.2) is 9.97 Å². The molecule has 3 aromatic rings. The topological polar surface area (TPSA) is 70.5 Å². The monoisotopic (exact) mass is 436 g/mol. The van der Waals surface area contributed by atoms with E-state index in [1.807, 2.05) is 36.4 Å². The molecule has 1 unspecified atom stereocenters. The van der Waals surface area contributed by atoms with Crippen molar-refractivity contribution in [2.75, 3.05) is 29.9 Å². The molecule has 2 N–H and O–H groups in total. The average Bonchev–Trinajstić information content (AvgIpc) is 2.80. The Morgan fingerprint density at radius 1 is 1.13 bits per heavy atom. The van der Waals surface area contributed by atoms with E-state index < -0.39 is 0 Å². The number of aliphatic hydroxyl groups is 1. The van der Waals surface area contributed by atoms with Crippen LogP contribution in [0.1, 0.15) is 29.2 Å². The molecule has 6 nitrogen and oxygen atoms in total. The summed E-state index contributed by atoms with van der Waals surface area (Å²) < 4.78 is 5.99. The minimum Gasteiger partial charge on any atom is -0.393 e. The quantitative estimate of drug-likeness (QED) is 0.635. The van der Waals surface area contributed by atoms with Crippen LogP contribution in [0.2, 0.25) is 5.02 Å². The highest BCUT2D eigenvalue weighted by atomic mass is 35.5. The van der Waals surface area contributed by atoms with Crippen LogP contribution < -0.4 is 10.2 Å². The minimum absolute atomic E-state index is 0.101. The van der Waals surface area contributed by atoms with Crippen LogP contribution in [0, 0.1) is 0 Å². The summed E-state index contributed by atoms with van der Waals surface area (Å²) in [6.07, 6.45) is 3.58. The van der Waals surface area contributed by atoms with Crippen LogP contribution in [0.5, 0.6) is 0 Å². The van der Waals surface area contributed by atoms with Gasteiger partial charge in [-0.15, -0.1) is 0 Å². The fraction of sp³-hybridized carbons (Fsp3) is 0.333. The lowest BCUT2D eigenvalue weighted by Gasteiger charge is -2.34. The third-order valence-electron chi connectivity index (χ3n) is 6.02. The number of morpholine rings is 1. The molecule has 5 rings (SSSR count). The lowest BCUT2D eigenvalue weighted by Crippen LogP contribution is -2.39. The van der Waals surface area contributed by atoms with Gasteiger partial charge in [0.2, 0.25) is 0 Å². The highest BCUT2D eigenvalue weighted by Crippen LogP contribution is 2.32. The number of halogens is 1. The lowest BCUT2D eigenvalue weighted by molar-refractivity contribution is 0.0396. The van der Waals surface area contributed by atoms with Gasteiger partial charge in [0, 0.05) is 41.9 Å². The zero-order chi connectivity index (χ0) is 21.2. The van der Waals surface area contributed by atoms with Gasteiger partial charge in [-0.3, -0.25) is 0 Å². The summed E-state index contributed by atoms with van der Waals surface area (Å²) in [6, 6.07) is 16.0. The van der Waals surface area contributed by atoms with Crippen molar-refractivity contribution in [3.8, 4) is 0 Å². The Kier molecular flexibility index (Phi) is 5.76. The molecule has 1 saturated heterocycles. The molecular formula is C24H25ClN4O2. The van der Waals surface area contributed by atoms with E-state index in [-0.39, 0.29) is 12.2 Å². The molecule has 2 atom stereocenters. The Morgan fingerprint density at radius 3 is 2.94 bits per heavy atom. The first-order valence-electron chi connectivity index (χ1n) is 10.7. The second kappa shape index (κ2) is 8.83. The van der Waals surface area contributed by atoms with Crippen molar-refractivity contribution >= 4 is 28.9 Å². The van der Waals surface area contributed by atoms with Gasteiger partial charge in [0.15, 0.2) is 0 Å². The van der Waals surface area contributed by atoms with Crippen molar-refractivity contribution in [2.24, 2.45) is 0 Å². The molecule has 1 aliphatic carbocycles. The molecule has 1 aromatic heterocycles. The fourth-order valence-corrected chi connectivity index (χ4v) is 4.65. The van der Waals surface area contributed by atoms with E-state index in [4.69, 9.17) is 16.3 Å².